The highest BCUT2D eigenvalue weighted by Gasteiger charge is 2.19. The van der Waals surface area contributed by atoms with E-state index in [1.54, 1.807) is 6.20 Å². The van der Waals surface area contributed by atoms with Gasteiger partial charge in [-0.25, -0.2) is 9.97 Å². The van der Waals surface area contributed by atoms with Crippen LogP contribution in [0.5, 0.6) is 0 Å². The van der Waals surface area contributed by atoms with Gasteiger partial charge in [0.1, 0.15) is 11.0 Å². The predicted octanol–water partition coefficient (Wildman–Crippen LogP) is 3.95. The smallest absolute Gasteiger partial charge is 0.161 e. The number of imidazole rings is 1. The summed E-state index contributed by atoms with van der Waals surface area (Å²) < 4.78 is 0. The van der Waals surface area contributed by atoms with Crippen LogP contribution in [0.1, 0.15) is 19.3 Å². The van der Waals surface area contributed by atoms with E-state index >= 15 is 0 Å². The highest BCUT2D eigenvalue weighted by molar-refractivity contribution is 5.94. The van der Waals surface area contributed by atoms with E-state index in [9.17, 15) is 0 Å². The van der Waals surface area contributed by atoms with Gasteiger partial charge < -0.3 is 9.88 Å². The van der Waals surface area contributed by atoms with Gasteiger partial charge in [0.25, 0.3) is 0 Å². The second kappa shape index (κ2) is 6.91. The summed E-state index contributed by atoms with van der Waals surface area (Å²) in [5.74, 6) is 0.688. The molecule has 8 nitrogen and oxygen atoms in total. The van der Waals surface area contributed by atoms with Crippen LogP contribution in [0.4, 0.5) is 5.69 Å². The molecule has 2 N–H and O–H groups in total. The Balaban J connectivity index is 1.47. The molecule has 0 amide bonds. The number of hydrogen-bond acceptors (Lipinski definition) is 6. The van der Waals surface area contributed by atoms with E-state index in [4.69, 9.17) is 9.97 Å². The van der Waals surface area contributed by atoms with Gasteiger partial charge >= 0.3 is 0 Å². The lowest BCUT2D eigenvalue weighted by Gasteiger charge is -2.28. The molecule has 0 aliphatic carbocycles. The lowest BCUT2D eigenvalue weighted by molar-refractivity contribution is 0.578. The average Bonchev–Trinajstić information content (AvgIpc) is 3.43. The summed E-state index contributed by atoms with van der Waals surface area (Å²) in [6.45, 7) is 2.09. The van der Waals surface area contributed by atoms with E-state index in [0.29, 0.717) is 11.5 Å². The quantitative estimate of drug-likeness (QED) is 0.479. The summed E-state index contributed by atoms with van der Waals surface area (Å²) in [4.78, 5) is 24.3. The maximum Gasteiger partial charge on any atom is 0.161 e. The standard InChI is InChI=1S/C22H20N8/c1-4-10-30(11-5-1)18-13-23-12-17-19(18)27-22(26-17)21-20-16(28-29-21)8-7-15(25-20)14-6-2-3-9-24-14/h2-3,6-9,12-13H,1,4-5,10-11H2,(H,26,27)(H,28,29). The molecular formula is C22H20N8. The third-order valence-electron chi connectivity index (χ3n) is 5.63. The first kappa shape index (κ1) is 17.1. The Hall–Kier alpha value is -3.81. The molecule has 1 fully saturated rings. The van der Waals surface area contributed by atoms with Gasteiger partial charge in [-0.15, -0.1) is 0 Å². The molecule has 8 heteroatoms. The first-order valence-corrected chi connectivity index (χ1v) is 10.2. The summed E-state index contributed by atoms with van der Waals surface area (Å²) in [6.07, 6.45) is 9.20. The van der Waals surface area contributed by atoms with Gasteiger partial charge in [-0.2, -0.15) is 5.10 Å². The molecule has 0 spiro atoms. The minimum Gasteiger partial charge on any atom is -0.368 e. The van der Waals surface area contributed by atoms with Gasteiger partial charge in [0.2, 0.25) is 0 Å². The van der Waals surface area contributed by atoms with Crippen molar-refractivity contribution in [1.82, 2.24) is 35.1 Å². The number of fused-ring (bicyclic) bond motifs is 2. The number of H-pyrrole nitrogens is 2. The van der Waals surface area contributed by atoms with Gasteiger partial charge in [0, 0.05) is 19.3 Å². The molecule has 5 aromatic heterocycles. The van der Waals surface area contributed by atoms with Crippen LogP contribution in [0.3, 0.4) is 0 Å². The van der Waals surface area contributed by atoms with Crippen molar-refractivity contribution in [2.45, 2.75) is 19.3 Å². The van der Waals surface area contributed by atoms with Crippen LogP contribution in [0, 0.1) is 0 Å². The number of pyridine rings is 3. The van der Waals surface area contributed by atoms with Crippen LogP contribution in [-0.2, 0) is 0 Å². The van der Waals surface area contributed by atoms with Crippen LogP contribution in [0.15, 0.2) is 48.9 Å². The fourth-order valence-corrected chi connectivity index (χ4v) is 4.12. The first-order valence-electron chi connectivity index (χ1n) is 10.2. The number of aromatic amines is 2. The molecule has 0 saturated carbocycles. The summed E-state index contributed by atoms with van der Waals surface area (Å²) in [5.41, 5.74) is 6.87. The van der Waals surface area contributed by atoms with Crippen LogP contribution in [-0.4, -0.2) is 48.2 Å². The molecule has 1 aliphatic heterocycles. The van der Waals surface area contributed by atoms with Gasteiger partial charge in [0.05, 0.1) is 40.5 Å². The molecule has 30 heavy (non-hydrogen) atoms. The van der Waals surface area contributed by atoms with Gasteiger partial charge in [-0.3, -0.25) is 15.1 Å². The lowest BCUT2D eigenvalue weighted by Crippen LogP contribution is -2.29. The zero-order valence-corrected chi connectivity index (χ0v) is 16.3. The normalized spacial score (nSPS) is 14.6. The highest BCUT2D eigenvalue weighted by Crippen LogP contribution is 2.31. The Morgan fingerprint density at radius 1 is 0.833 bits per heavy atom. The molecule has 0 unspecified atom stereocenters. The minimum absolute atomic E-state index is 0.688. The second-order valence-electron chi connectivity index (χ2n) is 7.57. The van der Waals surface area contributed by atoms with Crippen LogP contribution in [0.25, 0.3) is 45.0 Å². The van der Waals surface area contributed by atoms with Crippen molar-refractivity contribution in [2.24, 2.45) is 0 Å². The Morgan fingerprint density at radius 2 is 1.77 bits per heavy atom. The summed E-state index contributed by atoms with van der Waals surface area (Å²) in [5, 5.41) is 7.57. The van der Waals surface area contributed by atoms with E-state index in [1.165, 1.54) is 19.3 Å². The topological polar surface area (TPSA) is 99.3 Å². The Morgan fingerprint density at radius 3 is 2.63 bits per heavy atom. The Bertz CT molecular complexity index is 1330. The van der Waals surface area contributed by atoms with Crippen molar-refractivity contribution in [3.05, 3.63) is 48.9 Å². The van der Waals surface area contributed by atoms with Crippen molar-refractivity contribution in [2.75, 3.05) is 18.0 Å². The molecule has 6 rings (SSSR count). The molecule has 148 valence electrons. The van der Waals surface area contributed by atoms with Gasteiger partial charge in [-0.05, 0) is 43.5 Å². The van der Waals surface area contributed by atoms with Crippen LogP contribution < -0.4 is 4.90 Å². The number of rotatable bonds is 3. The van der Waals surface area contributed by atoms with E-state index in [1.807, 2.05) is 42.7 Å². The minimum atomic E-state index is 0.688. The molecule has 1 saturated heterocycles. The van der Waals surface area contributed by atoms with Crippen molar-refractivity contribution in [3.8, 4) is 22.9 Å². The molecule has 0 atom stereocenters. The van der Waals surface area contributed by atoms with Crippen molar-refractivity contribution >= 4 is 27.8 Å². The highest BCUT2D eigenvalue weighted by atomic mass is 15.2. The predicted molar refractivity (Wildman–Crippen MR) is 116 cm³/mol. The molecule has 0 bridgehead atoms. The monoisotopic (exact) mass is 396 g/mol. The van der Waals surface area contributed by atoms with Gasteiger partial charge in [-0.1, -0.05) is 6.07 Å². The number of aromatic nitrogens is 7. The van der Waals surface area contributed by atoms with E-state index in [0.717, 1.165) is 52.2 Å². The molecule has 0 aromatic carbocycles. The molecule has 0 radical (unpaired) electrons. The summed E-state index contributed by atoms with van der Waals surface area (Å²) in [7, 11) is 0. The van der Waals surface area contributed by atoms with E-state index in [-0.39, 0.29) is 0 Å². The number of nitrogens with one attached hydrogen (secondary N) is 2. The SMILES string of the molecule is c1ccc(-c2ccc3[nH]nc(-c4nc5c(N6CCCCC6)cncc5[nH]4)c3n2)nc1. The zero-order chi connectivity index (χ0) is 19.9. The Labute approximate surface area is 172 Å². The summed E-state index contributed by atoms with van der Waals surface area (Å²) >= 11 is 0. The third-order valence-corrected chi connectivity index (χ3v) is 5.63. The maximum absolute atomic E-state index is 4.91. The van der Waals surface area contributed by atoms with E-state index < -0.39 is 0 Å². The van der Waals surface area contributed by atoms with E-state index in [2.05, 4.69) is 30.0 Å². The largest absolute Gasteiger partial charge is 0.368 e. The lowest BCUT2D eigenvalue weighted by atomic mass is 10.1. The second-order valence-corrected chi connectivity index (χ2v) is 7.57. The Kier molecular flexibility index (Phi) is 3.93. The van der Waals surface area contributed by atoms with Crippen molar-refractivity contribution in [1.29, 1.82) is 0 Å². The number of anilines is 1. The van der Waals surface area contributed by atoms with Crippen molar-refractivity contribution in [3.63, 3.8) is 0 Å². The van der Waals surface area contributed by atoms with Gasteiger partial charge in [0.15, 0.2) is 11.5 Å². The maximum atomic E-state index is 4.91. The molecule has 5 aromatic rings. The summed E-state index contributed by atoms with van der Waals surface area (Å²) in [6, 6.07) is 9.73. The van der Waals surface area contributed by atoms with Crippen molar-refractivity contribution < 1.29 is 0 Å². The zero-order valence-electron chi connectivity index (χ0n) is 16.3. The molecular weight excluding hydrogens is 376 g/mol. The molecule has 6 heterocycles. The van der Waals surface area contributed by atoms with Crippen LogP contribution in [0.2, 0.25) is 0 Å². The fourth-order valence-electron chi connectivity index (χ4n) is 4.12. The molecule has 1 aliphatic rings. The fraction of sp³-hybridized carbons (Fsp3) is 0.227. The number of nitrogens with zero attached hydrogens (tertiary/aromatic N) is 6. The average molecular weight is 396 g/mol. The van der Waals surface area contributed by atoms with Crippen LogP contribution >= 0.6 is 0 Å². The number of hydrogen-bond donors (Lipinski definition) is 2. The third kappa shape index (κ3) is 2.80. The first-order chi connectivity index (χ1) is 14.9. The number of piperidine rings is 1.